The smallest absolute Gasteiger partial charge is 0.164 e. The average molecular weight is 417 g/mol. The van der Waals surface area contributed by atoms with Gasteiger partial charge in [0.25, 0.3) is 0 Å². The molecule has 0 spiro atoms. The van der Waals surface area contributed by atoms with Crippen LogP contribution >= 0.6 is 0 Å². The van der Waals surface area contributed by atoms with Gasteiger partial charge < -0.3 is 10.1 Å². The third kappa shape index (κ3) is 3.32. The molecule has 0 aliphatic heterocycles. The Bertz CT molecular complexity index is 1370. The molecular formula is C24H25FN6. The first-order valence-electron chi connectivity index (χ1n) is 10.4. The zero-order chi connectivity index (χ0) is 22.1. The third-order valence-corrected chi connectivity index (χ3v) is 5.35. The molecule has 1 aromatic carbocycles. The summed E-state index contributed by atoms with van der Waals surface area (Å²) in [5.74, 6) is 0.139. The molecule has 0 saturated heterocycles. The van der Waals surface area contributed by atoms with E-state index in [4.69, 9.17) is 5.73 Å². The van der Waals surface area contributed by atoms with E-state index in [-0.39, 0.29) is 11.9 Å². The number of hydrogen-bond acceptors (Lipinski definition) is 4. The lowest BCUT2D eigenvalue weighted by Gasteiger charge is -2.15. The maximum Gasteiger partial charge on any atom is 0.164 e. The van der Waals surface area contributed by atoms with Crippen molar-refractivity contribution >= 4 is 22.4 Å². The average Bonchev–Trinajstić information content (AvgIpc) is 3.34. The van der Waals surface area contributed by atoms with E-state index < -0.39 is 0 Å². The van der Waals surface area contributed by atoms with Crippen LogP contribution in [0.15, 0.2) is 61.1 Å². The van der Waals surface area contributed by atoms with Crippen LogP contribution in [0.25, 0.3) is 27.8 Å². The van der Waals surface area contributed by atoms with Crippen LogP contribution in [0.3, 0.4) is 0 Å². The third-order valence-electron chi connectivity index (χ3n) is 5.35. The maximum absolute atomic E-state index is 14.8. The van der Waals surface area contributed by atoms with Gasteiger partial charge in [0.1, 0.15) is 18.0 Å². The molecule has 5 aromatic rings. The SMILES string of the molecule is CC.Cc1nn(C(C)c2cc3ccccn3c2-c2ccccc2F)c2ncnc(N)c12. The lowest BCUT2D eigenvalue weighted by Crippen LogP contribution is -2.10. The van der Waals surface area contributed by atoms with Gasteiger partial charge in [0.05, 0.1) is 22.8 Å². The predicted molar refractivity (Wildman–Crippen MR) is 122 cm³/mol. The Kier molecular flexibility index (Phi) is 5.42. The number of nitrogens with two attached hydrogens (primary N) is 1. The molecule has 0 radical (unpaired) electrons. The first kappa shape index (κ1) is 20.5. The number of halogens is 1. The minimum Gasteiger partial charge on any atom is -0.383 e. The highest BCUT2D eigenvalue weighted by molar-refractivity contribution is 5.88. The normalized spacial score (nSPS) is 12.0. The van der Waals surface area contributed by atoms with Gasteiger partial charge in [-0.15, -0.1) is 0 Å². The molecule has 0 saturated carbocycles. The van der Waals surface area contributed by atoms with Gasteiger partial charge in [-0.25, -0.2) is 19.0 Å². The largest absolute Gasteiger partial charge is 0.383 e. The van der Waals surface area contributed by atoms with Crippen LogP contribution in [0, 0.1) is 12.7 Å². The van der Waals surface area contributed by atoms with Crippen LogP contribution in [0.1, 0.15) is 38.1 Å². The van der Waals surface area contributed by atoms with Gasteiger partial charge in [0.2, 0.25) is 0 Å². The number of fused-ring (bicyclic) bond motifs is 2. The summed E-state index contributed by atoms with van der Waals surface area (Å²) in [6.07, 6.45) is 3.38. The minimum absolute atomic E-state index is 0.199. The molecule has 0 bridgehead atoms. The van der Waals surface area contributed by atoms with E-state index in [0.29, 0.717) is 17.0 Å². The topological polar surface area (TPSA) is 74.0 Å². The highest BCUT2D eigenvalue weighted by Gasteiger charge is 2.24. The molecule has 31 heavy (non-hydrogen) atoms. The van der Waals surface area contributed by atoms with Gasteiger partial charge in [-0.1, -0.05) is 32.0 Å². The molecule has 0 aliphatic carbocycles. The van der Waals surface area contributed by atoms with E-state index in [0.717, 1.165) is 27.9 Å². The van der Waals surface area contributed by atoms with Gasteiger partial charge in [0.15, 0.2) is 5.65 Å². The predicted octanol–water partition coefficient (Wildman–Crippen LogP) is 5.41. The lowest BCUT2D eigenvalue weighted by molar-refractivity contribution is 0.575. The number of hydrogen-bond donors (Lipinski definition) is 1. The number of aryl methyl sites for hydroxylation is 1. The minimum atomic E-state index is -0.266. The first-order chi connectivity index (χ1) is 15.1. The van der Waals surface area contributed by atoms with E-state index in [2.05, 4.69) is 21.1 Å². The molecule has 5 rings (SSSR count). The van der Waals surface area contributed by atoms with Gasteiger partial charge in [-0.3, -0.25) is 0 Å². The van der Waals surface area contributed by atoms with E-state index in [1.165, 1.54) is 12.4 Å². The fourth-order valence-electron chi connectivity index (χ4n) is 3.97. The van der Waals surface area contributed by atoms with Crippen molar-refractivity contribution in [2.45, 2.75) is 33.7 Å². The second kappa shape index (κ2) is 8.18. The number of pyridine rings is 1. The highest BCUT2D eigenvalue weighted by Crippen LogP contribution is 2.36. The van der Waals surface area contributed by atoms with Gasteiger partial charge in [-0.05, 0) is 44.2 Å². The highest BCUT2D eigenvalue weighted by atomic mass is 19.1. The van der Waals surface area contributed by atoms with Crippen LogP contribution in [-0.4, -0.2) is 24.1 Å². The molecule has 4 heterocycles. The van der Waals surface area contributed by atoms with Crippen LogP contribution < -0.4 is 5.73 Å². The molecule has 1 unspecified atom stereocenters. The Morgan fingerprint density at radius 2 is 1.77 bits per heavy atom. The van der Waals surface area contributed by atoms with Crippen molar-refractivity contribution in [2.75, 3.05) is 5.73 Å². The molecular weight excluding hydrogens is 391 g/mol. The summed E-state index contributed by atoms with van der Waals surface area (Å²) in [6.45, 7) is 7.92. The molecule has 158 valence electrons. The zero-order valence-corrected chi connectivity index (χ0v) is 18.0. The van der Waals surface area contributed by atoms with Crippen molar-refractivity contribution in [1.82, 2.24) is 24.1 Å². The van der Waals surface area contributed by atoms with Crippen molar-refractivity contribution in [3.63, 3.8) is 0 Å². The van der Waals surface area contributed by atoms with Gasteiger partial charge in [-0.2, -0.15) is 5.10 Å². The van der Waals surface area contributed by atoms with Crippen LogP contribution in [0.5, 0.6) is 0 Å². The second-order valence-corrected chi connectivity index (χ2v) is 7.09. The first-order valence-corrected chi connectivity index (χ1v) is 10.4. The summed E-state index contributed by atoms with van der Waals surface area (Å²) in [6, 6.07) is 14.6. The Morgan fingerprint density at radius 1 is 1.03 bits per heavy atom. The van der Waals surface area contributed by atoms with Crippen molar-refractivity contribution in [2.24, 2.45) is 0 Å². The Hall–Kier alpha value is -3.74. The number of aromatic nitrogens is 5. The number of benzene rings is 1. The summed E-state index contributed by atoms with van der Waals surface area (Å²) in [5.41, 5.74) is 10.8. The standard InChI is InChI=1S/C22H19FN6.C2H6/c1-13-19-21(24)25-12-26-22(19)29(27-13)14(2)17-11-15-7-5-6-10-28(15)20(17)16-8-3-4-9-18(16)23;1-2/h3-12,14H,1-2H3,(H2,24,25,26);1-2H3. The van der Waals surface area contributed by atoms with Crippen LogP contribution in [0.4, 0.5) is 10.2 Å². The Morgan fingerprint density at radius 3 is 2.55 bits per heavy atom. The summed E-state index contributed by atoms with van der Waals surface area (Å²) < 4.78 is 18.6. The van der Waals surface area contributed by atoms with Gasteiger partial charge >= 0.3 is 0 Å². The number of rotatable bonds is 3. The Balaban J connectivity index is 0.00000112. The fourth-order valence-corrected chi connectivity index (χ4v) is 3.97. The summed E-state index contributed by atoms with van der Waals surface area (Å²) >= 11 is 0. The van der Waals surface area contributed by atoms with E-state index in [1.54, 1.807) is 12.1 Å². The zero-order valence-electron chi connectivity index (χ0n) is 18.0. The fraction of sp³-hybridized carbons (Fsp3) is 0.208. The molecule has 1 atom stereocenters. The van der Waals surface area contributed by atoms with E-state index in [1.807, 2.05) is 67.2 Å². The number of nitrogen functional groups attached to an aromatic ring is 1. The maximum atomic E-state index is 14.8. The summed E-state index contributed by atoms with van der Waals surface area (Å²) in [4.78, 5) is 8.50. The van der Waals surface area contributed by atoms with Crippen LogP contribution in [0.2, 0.25) is 0 Å². The molecule has 0 amide bonds. The molecule has 4 aromatic heterocycles. The van der Waals surface area contributed by atoms with E-state index >= 15 is 0 Å². The second-order valence-electron chi connectivity index (χ2n) is 7.09. The number of nitrogens with zero attached hydrogens (tertiary/aromatic N) is 5. The molecule has 7 heteroatoms. The van der Waals surface area contributed by atoms with Crippen LogP contribution in [-0.2, 0) is 0 Å². The number of anilines is 1. The molecule has 6 nitrogen and oxygen atoms in total. The summed E-state index contributed by atoms with van der Waals surface area (Å²) in [7, 11) is 0. The monoisotopic (exact) mass is 416 g/mol. The van der Waals surface area contributed by atoms with E-state index in [9.17, 15) is 4.39 Å². The van der Waals surface area contributed by atoms with Gasteiger partial charge in [0, 0.05) is 22.8 Å². The van der Waals surface area contributed by atoms with Crippen molar-refractivity contribution in [3.05, 3.63) is 78.1 Å². The molecule has 2 N–H and O–H groups in total. The quantitative estimate of drug-likeness (QED) is 0.427. The lowest BCUT2D eigenvalue weighted by atomic mass is 10.0. The van der Waals surface area contributed by atoms with Crippen molar-refractivity contribution in [3.8, 4) is 11.3 Å². The molecule has 0 fully saturated rings. The Labute approximate surface area is 180 Å². The van der Waals surface area contributed by atoms with Crippen molar-refractivity contribution < 1.29 is 4.39 Å². The van der Waals surface area contributed by atoms with Crippen molar-refractivity contribution in [1.29, 1.82) is 0 Å². The molecule has 0 aliphatic rings. The summed E-state index contributed by atoms with van der Waals surface area (Å²) in [5, 5.41) is 5.43.